The van der Waals surface area contributed by atoms with Crippen molar-refractivity contribution >= 4 is 11.8 Å². The van der Waals surface area contributed by atoms with Crippen molar-refractivity contribution in [2.75, 3.05) is 32.8 Å². The fraction of sp³-hybridized carbons (Fsp3) is 0.750. The highest BCUT2D eigenvalue weighted by Gasteiger charge is 2.29. The summed E-state index contributed by atoms with van der Waals surface area (Å²) < 4.78 is 0. The SMILES string of the molecule is NCC(=O)NCC(=O)N1CC(CO)C1. The van der Waals surface area contributed by atoms with Crippen LogP contribution in [-0.2, 0) is 9.59 Å². The van der Waals surface area contributed by atoms with Crippen molar-refractivity contribution in [1.29, 1.82) is 0 Å². The first kappa shape index (κ1) is 10.9. The minimum Gasteiger partial charge on any atom is -0.396 e. The standard InChI is InChI=1S/C8H15N3O3/c9-1-7(13)10-2-8(14)11-3-6(4-11)5-12/h6,12H,1-5,9H2,(H,10,13). The van der Waals surface area contributed by atoms with E-state index < -0.39 is 0 Å². The molecule has 1 fully saturated rings. The van der Waals surface area contributed by atoms with Gasteiger partial charge in [-0.3, -0.25) is 9.59 Å². The smallest absolute Gasteiger partial charge is 0.241 e. The first-order valence-electron chi connectivity index (χ1n) is 4.52. The van der Waals surface area contributed by atoms with Gasteiger partial charge in [-0.15, -0.1) is 0 Å². The summed E-state index contributed by atoms with van der Waals surface area (Å²) >= 11 is 0. The molecule has 0 bridgehead atoms. The van der Waals surface area contributed by atoms with Gasteiger partial charge < -0.3 is 21.1 Å². The van der Waals surface area contributed by atoms with Gasteiger partial charge in [-0.25, -0.2) is 0 Å². The molecule has 1 aliphatic heterocycles. The van der Waals surface area contributed by atoms with Gasteiger partial charge in [-0.1, -0.05) is 0 Å². The van der Waals surface area contributed by atoms with E-state index in [0.717, 1.165) is 0 Å². The number of carbonyl (C=O) groups is 2. The second-order valence-corrected chi connectivity index (χ2v) is 3.33. The largest absolute Gasteiger partial charge is 0.396 e. The number of nitrogens with two attached hydrogens (primary N) is 1. The van der Waals surface area contributed by atoms with Gasteiger partial charge in [-0.05, 0) is 0 Å². The molecule has 0 saturated carbocycles. The lowest BCUT2D eigenvalue weighted by Crippen LogP contribution is -2.54. The van der Waals surface area contributed by atoms with Crippen LogP contribution in [0, 0.1) is 5.92 Å². The zero-order chi connectivity index (χ0) is 10.6. The summed E-state index contributed by atoms with van der Waals surface area (Å²) in [6.45, 7) is 1.15. The molecule has 0 aromatic heterocycles. The molecule has 14 heavy (non-hydrogen) atoms. The lowest BCUT2D eigenvalue weighted by atomic mass is 10.0. The van der Waals surface area contributed by atoms with Gasteiger partial charge in [0.2, 0.25) is 11.8 Å². The van der Waals surface area contributed by atoms with Gasteiger partial charge >= 0.3 is 0 Å². The van der Waals surface area contributed by atoms with Crippen LogP contribution in [0.3, 0.4) is 0 Å². The highest BCUT2D eigenvalue weighted by Crippen LogP contribution is 2.13. The Bertz CT molecular complexity index is 226. The first-order chi connectivity index (χ1) is 6.67. The number of nitrogens with zero attached hydrogens (tertiary/aromatic N) is 1. The Kier molecular flexibility index (Phi) is 3.84. The molecule has 0 aliphatic carbocycles. The molecule has 0 aromatic carbocycles. The van der Waals surface area contributed by atoms with Crippen molar-refractivity contribution in [3.05, 3.63) is 0 Å². The highest BCUT2D eigenvalue weighted by molar-refractivity contribution is 5.85. The van der Waals surface area contributed by atoms with Gasteiger partial charge in [0, 0.05) is 25.6 Å². The Morgan fingerprint density at radius 3 is 2.64 bits per heavy atom. The highest BCUT2D eigenvalue weighted by atomic mass is 16.3. The van der Waals surface area contributed by atoms with E-state index in [1.54, 1.807) is 4.90 Å². The van der Waals surface area contributed by atoms with Crippen LogP contribution in [0.1, 0.15) is 0 Å². The van der Waals surface area contributed by atoms with E-state index in [-0.39, 0.29) is 37.4 Å². The molecule has 0 spiro atoms. The summed E-state index contributed by atoms with van der Waals surface area (Å²) in [5.74, 6) is -0.266. The van der Waals surface area contributed by atoms with E-state index in [9.17, 15) is 9.59 Å². The van der Waals surface area contributed by atoms with Gasteiger partial charge in [0.1, 0.15) is 0 Å². The zero-order valence-corrected chi connectivity index (χ0v) is 7.90. The summed E-state index contributed by atoms with van der Waals surface area (Å²) in [6, 6.07) is 0. The van der Waals surface area contributed by atoms with Gasteiger partial charge in [-0.2, -0.15) is 0 Å². The van der Waals surface area contributed by atoms with E-state index in [2.05, 4.69) is 5.32 Å². The molecule has 0 atom stereocenters. The van der Waals surface area contributed by atoms with Crippen LogP contribution < -0.4 is 11.1 Å². The van der Waals surface area contributed by atoms with Gasteiger partial charge in [0.25, 0.3) is 0 Å². The van der Waals surface area contributed by atoms with Crippen molar-refractivity contribution in [2.45, 2.75) is 0 Å². The number of amides is 2. The maximum atomic E-state index is 11.3. The van der Waals surface area contributed by atoms with Crippen molar-refractivity contribution in [2.24, 2.45) is 11.7 Å². The van der Waals surface area contributed by atoms with Crippen LogP contribution >= 0.6 is 0 Å². The molecular formula is C8H15N3O3. The van der Waals surface area contributed by atoms with Crippen molar-refractivity contribution in [3.8, 4) is 0 Å². The van der Waals surface area contributed by atoms with Crippen LogP contribution in [0.4, 0.5) is 0 Å². The average molecular weight is 201 g/mol. The third kappa shape index (κ3) is 2.68. The van der Waals surface area contributed by atoms with Gasteiger partial charge in [0.05, 0.1) is 13.1 Å². The van der Waals surface area contributed by atoms with Crippen molar-refractivity contribution in [1.82, 2.24) is 10.2 Å². The van der Waals surface area contributed by atoms with E-state index >= 15 is 0 Å². The van der Waals surface area contributed by atoms with Crippen LogP contribution in [0.25, 0.3) is 0 Å². The third-order valence-electron chi connectivity index (χ3n) is 2.19. The Balaban J connectivity index is 2.14. The van der Waals surface area contributed by atoms with Crippen LogP contribution in [-0.4, -0.2) is 54.6 Å². The monoisotopic (exact) mass is 201 g/mol. The molecule has 1 aliphatic rings. The molecule has 1 saturated heterocycles. The predicted octanol–water partition coefficient (Wildman–Crippen LogP) is -2.49. The molecule has 0 radical (unpaired) electrons. The number of nitrogens with one attached hydrogen (secondary N) is 1. The maximum absolute atomic E-state index is 11.3. The quantitative estimate of drug-likeness (QED) is 0.469. The van der Waals surface area contributed by atoms with Crippen molar-refractivity contribution in [3.63, 3.8) is 0 Å². The predicted molar refractivity (Wildman–Crippen MR) is 49.2 cm³/mol. The van der Waals surface area contributed by atoms with Gasteiger partial charge in [0.15, 0.2) is 0 Å². The summed E-state index contributed by atoms with van der Waals surface area (Å²) in [4.78, 5) is 23.6. The number of hydrogen-bond donors (Lipinski definition) is 3. The van der Waals surface area contributed by atoms with Crippen LogP contribution in [0.15, 0.2) is 0 Å². The first-order valence-corrected chi connectivity index (χ1v) is 4.52. The summed E-state index contributed by atoms with van der Waals surface area (Å²) in [7, 11) is 0. The molecule has 6 nitrogen and oxygen atoms in total. The molecule has 0 unspecified atom stereocenters. The van der Waals surface area contributed by atoms with E-state index in [4.69, 9.17) is 10.8 Å². The summed E-state index contributed by atoms with van der Waals surface area (Å²) in [6.07, 6.45) is 0. The number of likely N-dealkylation sites (tertiary alicyclic amines) is 1. The Morgan fingerprint density at radius 2 is 2.14 bits per heavy atom. The average Bonchev–Trinajstić information content (AvgIpc) is 2.12. The third-order valence-corrected chi connectivity index (χ3v) is 2.19. The lowest BCUT2D eigenvalue weighted by Gasteiger charge is -2.38. The second kappa shape index (κ2) is 4.92. The number of rotatable bonds is 4. The van der Waals surface area contributed by atoms with E-state index in [1.807, 2.05) is 0 Å². The van der Waals surface area contributed by atoms with E-state index in [1.165, 1.54) is 0 Å². The Hall–Kier alpha value is -1.14. The molecule has 4 N–H and O–H groups in total. The second-order valence-electron chi connectivity index (χ2n) is 3.33. The fourth-order valence-corrected chi connectivity index (χ4v) is 1.25. The molecule has 2 amide bonds. The summed E-state index contributed by atoms with van der Waals surface area (Å²) in [5.41, 5.74) is 5.05. The van der Waals surface area contributed by atoms with Crippen LogP contribution in [0.5, 0.6) is 0 Å². The fourth-order valence-electron chi connectivity index (χ4n) is 1.25. The number of carbonyl (C=O) groups excluding carboxylic acids is 2. The molecule has 80 valence electrons. The molecule has 1 heterocycles. The number of hydrogen-bond acceptors (Lipinski definition) is 4. The molecule has 6 heteroatoms. The number of aliphatic hydroxyl groups excluding tert-OH is 1. The van der Waals surface area contributed by atoms with Crippen LogP contribution in [0.2, 0.25) is 0 Å². The normalized spacial score (nSPS) is 16.3. The molecule has 1 rings (SSSR count). The van der Waals surface area contributed by atoms with Crippen molar-refractivity contribution < 1.29 is 14.7 Å². The van der Waals surface area contributed by atoms with E-state index in [0.29, 0.717) is 13.1 Å². The molecular weight excluding hydrogens is 186 g/mol. The lowest BCUT2D eigenvalue weighted by molar-refractivity contribution is -0.138. The Morgan fingerprint density at radius 1 is 1.50 bits per heavy atom. The summed E-state index contributed by atoms with van der Waals surface area (Å²) in [5, 5.41) is 11.1. The minimum atomic E-state index is -0.336. The maximum Gasteiger partial charge on any atom is 0.241 e. The molecule has 0 aromatic rings. The number of aliphatic hydroxyl groups is 1. The zero-order valence-electron chi connectivity index (χ0n) is 7.90. The Labute approximate surface area is 82.1 Å². The minimum absolute atomic E-state index is 0.00577. The topological polar surface area (TPSA) is 95.7 Å².